The molecule has 2 fully saturated rings. The van der Waals surface area contributed by atoms with Crippen LogP contribution in [0.4, 0.5) is 5.69 Å². The highest BCUT2D eigenvalue weighted by Gasteiger charge is 2.29. The molecule has 3 rings (SSSR count). The van der Waals surface area contributed by atoms with E-state index in [2.05, 4.69) is 41.0 Å². The maximum Gasteiger partial charge on any atom is 0.222 e. The maximum atomic E-state index is 12.0. The highest BCUT2D eigenvalue weighted by Crippen LogP contribution is 2.25. The van der Waals surface area contributed by atoms with E-state index in [-0.39, 0.29) is 0 Å². The molecule has 1 aromatic carbocycles. The third-order valence-corrected chi connectivity index (χ3v) is 4.63. The van der Waals surface area contributed by atoms with Crippen molar-refractivity contribution >= 4 is 11.6 Å². The summed E-state index contributed by atoms with van der Waals surface area (Å²) in [5, 5.41) is 0. The number of carbonyl (C=O) groups is 1. The molecule has 0 radical (unpaired) electrons. The fourth-order valence-electron chi connectivity index (χ4n) is 3.47. The monoisotopic (exact) mass is 302 g/mol. The lowest BCUT2D eigenvalue weighted by Crippen LogP contribution is -2.49. The first-order chi connectivity index (χ1) is 10.7. The lowest BCUT2D eigenvalue weighted by Gasteiger charge is -2.41. The summed E-state index contributed by atoms with van der Waals surface area (Å²) < 4.78 is 0. The Bertz CT molecular complexity index is 478. The molecule has 1 aromatic rings. The van der Waals surface area contributed by atoms with Gasteiger partial charge in [0.2, 0.25) is 5.91 Å². The van der Waals surface area contributed by atoms with E-state index >= 15 is 0 Å². The predicted octanol–water partition coefficient (Wildman–Crippen LogP) is 4.00. The molecule has 122 valence electrons. The van der Waals surface area contributed by atoms with Gasteiger partial charge in [0.1, 0.15) is 0 Å². The highest BCUT2D eigenvalue weighted by atomic mass is 16.2. The third kappa shape index (κ3) is 4.02. The van der Waals surface area contributed by atoms with Gasteiger partial charge in [0.05, 0.1) is 0 Å². The molecule has 2 aliphatic rings. The summed E-state index contributed by atoms with van der Waals surface area (Å²) in [5.74, 6) is 0.380. The van der Waals surface area contributed by atoms with Gasteiger partial charge in [-0.25, -0.2) is 0 Å². The van der Waals surface area contributed by atoms with Crippen LogP contribution in [0.2, 0.25) is 0 Å². The molecule has 3 heteroatoms. The van der Waals surface area contributed by atoms with Gasteiger partial charge in [0.25, 0.3) is 0 Å². The number of hydrogen-bond acceptors (Lipinski definition) is 2. The van der Waals surface area contributed by atoms with Gasteiger partial charge < -0.3 is 9.80 Å². The Balaban J connectivity index is 0.000000847. The lowest BCUT2D eigenvalue weighted by molar-refractivity contribution is -0.136. The number of nitrogens with zero attached hydrogens (tertiary/aromatic N) is 2. The first-order valence-electron chi connectivity index (χ1n) is 8.85. The molecule has 1 amide bonds. The predicted molar refractivity (Wildman–Crippen MR) is 93.3 cm³/mol. The summed E-state index contributed by atoms with van der Waals surface area (Å²) in [6.07, 6.45) is 5.25. The standard InChI is InChI=1S/C17H24N2O.C2H6/c1-14-5-4-6-16(13-14)18-11-8-15(9-12-18)19-10-3-2-7-17(19)20;1-2/h4-6,13,15H,2-3,7-12H2,1H3;1-2H3. The Labute approximate surface area is 135 Å². The summed E-state index contributed by atoms with van der Waals surface area (Å²) in [5.41, 5.74) is 2.64. The van der Waals surface area contributed by atoms with E-state index < -0.39 is 0 Å². The number of piperidine rings is 2. The van der Waals surface area contributed by atoms with E-state index in [9.17, 15) is 4.79 Å². The number of carbonyl (C=O) groups excluding carboxylic acids is 1. The van der Waals surface area contributed by atoms with Crippen LogP contribution >= 0.6 is 0 Å². The lowest BCUT2D eigenvalue weighted by atomic mass is 9.99. The number of amides is 1. The SMILES string of the molecule is CC.Cc1cccc(N2CCC(N3CCCCC3=O)CC2)c1. The van der Waals surface area contributed by atoms with Crippen molar-refractivity contribution in [3.05, 3.63) is 29.8 Å². The van der Waals surface area contributed by atoms with Crippen molar-refractivity contribution in [2.24, 2.45) is 0 Å². The van der Waals surface area contributed by atoms with Crippen molar-refractivity contribution in [1.82, 2.24) is 4.90 Å². The number of aryl methyl sites for hydroxylation is 1. The van der Waals surface area contributed by atoms with Crippen LogP contribution in [0.3, 0.4) is 0 Å². The Hall–Kier alpha value is -1.51. The van der Waals surface area contributed by atoms with Crippen LogP contribution in [-0.4, -0.2) is 36.5 Å². The number of likely N-dealkylation sites (tertiary alicyclic amines) is 1. The molecule has 2 saturated heterocycles. The summed E-state index contributed by atoms with van der Waals surface area (Å²) in [6.45, 7) is 9.26. The summed E-state index contributed by atoms with van der Waals surface area (Å²) in [6, 6.07) is 9.20. The van der Waals surface area contributed by atoms with Crippen LogP contribution in [0.1, 0.15) is 51.5 Å². The Kier molecular flexibility index (Phi) is 6.29. The molecular weight excluding hydrogens is 272 g/mol. The van der Waals surface area contributed by atoms with Gasteiger partial charge in [-0.3, -0.25) is 4.79 Å². The van der Waals surface area contributed by atoms with Crippen molar-refractivity contribution in [2.45, 2.75) is 58.9 Å². The Morgan fingerprint density at radius 2 is 1.77 bits per heavy atom. The molecule has 0 atom stereocenters. The second kappa shape index (κ2) is 8.21. The molecule has 2 aliphatic heterocycles. The largest absolute Gasteiger partial charge is 0.371 e. The summed E-state index contributed by atoms with van der Waals surface area (Å²) in [4.78, 5) is 16.6. The fourth-order valence-corrected chi connectivity index (χ4v) is 3.47. The summed E-state index contributed by atoms with van der Waals surface area (Å²) in [7, 11) is 0. The average molecular weight is 302 g/mol. The van der Waals surface area contributed by atoms with Crippen molar-refractivity contribution in [1.29, 1.82) is 0 Å². The molecule has 0 saturated carbocycles. The zero-order valence-corrected chi connectivity index (χ0v) is 14.3. The molecule has 0 aliphatic carbocycles. The average Bonchev–Trinajstić information content (AvgIpc) is 2.57. The van der Waals surface area contributed by atoms with E-state index in [4.69, 9.17) is 0 Å². The quantitative estimate of drug-likeness (QED) is 0.824. The molecular formula is C19H30N2O. The van der Waals surface area contributed by atoms with Crippen LogP contribution < -0.4 is 4.90 Å². The second-order valence-electron chi connectivity index (χ2n) is 6.10. The number of hydrogen-bond donors (Lipinski definition) is 0. The van der Waals surface area contributed by atoms with Crippen molar-refractivity contribution in [2.75, 3.05) is 24.5 Å². The molecule has 22 heavy (non-hydrogen) atoms. The first-order valence-corrected chi connectivity index (χ1v) is 8.85. The molecule has 0 unspecified atom stereocenters. The van der Waals surface area contributed by atoms with Crippen LogP contribution in [0.5, 0.6) is 0 Å². The van der Waals surface area contributed by atoms with Crippen LogP contribution in [0, 0.1) is 6.92 Å². The van der Waals surface area contributed by atoms with Gasteiger partial charge in [-0.05, 0) is 50.3 Å². The van der Waals surface area contributed by atoms with Crippen molar-refractivity contribution in [3.63, 3.8) is 0 Å². The molecule has 2 heterocycles. The zero-order valence-electron chi connectivity index (χ0n) is 14.3. The summed E-state index contributed by atoms with van der Waals surface area (Å²) >= 11 is 0. The molecule has 0 aromatic heterocycles. The van der Waals surface area contributed by atoms with Crippen molar-refractivity contribution in [3.8, 4) is 0 Å². The van der Waals surface area contributed by atoms with Crippen LogP contribution in [-0.2, 0) is 4.79 Å². The smallest absolute Gasteiger partial charge is 0.222 e. The van der Waals surface area contributed by atoms with E-state index in [1.54, 1.807) is 0 Å². The Morgan fingerprint density at radius 3 is 2.41 bits per heavy atom. The van der Waals surface area contributed by atoms with Gasteiger partial charge in [-0.2, -0.15) is 0 Å². The third-order valence-electron chi connectivity index (χ3n) is 4.63. The van der Waals surface area contributed by atoms with E-state index in [1.807, 2.05) is 13.8 Å². The second-order valence-corrected chi connectivity index (χ2v) is 6.10. The molecule has 3 nitrogen and oxygen atoms in total. The van der Waals surface area contributed by atoms with Gasteiger partial charge in [0.15, 0.2) is 0 Å². The number of benzene rings is 1. The van der Waals surface area contributed by atoms with Gasteiger partial charge in [-0.15, -0.1) is 0 Å². The number of rotatable bonds is 2. The van der Waals surface area contributed by atoms with Crippen LogP contribution in [0.15, 0.2) is 24.3 Å². The topological polar surface area (TPSA) is 23.6 Å². The normalized spacial score (nSPS) is 19.7. The van der Waals surface area contributed by atoms with Gasteiger partial charge >= 0.3 is 0 Å². The highest BCUT2D eigenvalue weighted by molar-refractivity contribution is 5.77. The number of anilines is 1. The fraction of sp³-hybridized carbons (Fsp3) is 0.632. The van der Waals surface area contributed by atoms with Crippen molar-refractivity contribution < 1.29 is 4.79 Å². The minimum absolute atomic E-state index is 0.380. The van der Waals surface area contributed by atoms with Gasteiger partial charge in [0, 0.05) is 37.8 Å². The maximum absolute atomic E-state index is 12.0. The van der Waals surface area contributed by atoms with E-state index in [0.717, 1.165) is 45.3 Å². The molecule has 0 spiro atoms. The van der Waals surface area contributed by atoms with Crippen LogP contribution in [0.25, 0.3) is 0 Å². The van der Waals surface area contributed by atoms with E-state index in [1.165, 1.54) is 17.7 Å². The zero-order chi connectivity index (χ0) is 15.9. The molecule has 0 bridgehead atoms. The first kappa shape index (κ1) is 16.9. The van der Waals surface area contributed by atoms with Gasteiger partial charge in [-0.1, -0.05) is 26.0 Å². The van der Waals surface area contributed by atoms with E-state index in [0.29, 0.717) is 11.9 Å². The Morgan fingerprint density at radius 1 is 1.05 bits per heavy atom. The minimum atomic E-state index is 0.380. The molecule has 0 N–H and O–H groups in total. The minimum Gasteiger partial charge on any atom is -0.371 e.